The van der Waals surface area contributed by atoms with Crippen molar-refractivity contribution < 1.29 is 28.9 Å². The van der Waals surface area contributed by atoms with E-state index in [1.807, 2.05) is 42.1 Å². The molecule has 188 valence electrons. The normalized spacial score (nSPS) is 16.9. The summed E-state index contributed by atoms with van der Waals surface area (Å²) < 4.78 is 18.0. The Balaban J connectivity index is 1.79. The van der Waals surface area contributed by atoms with Gasteiger partial charge in [-0.1, -0.05) is 24.3 Å². The molecule has 8 heteroatoms. The average molecular weight is 499 g/mol. The molecule has 1 fully saturated rings. The highest BCUT2D eigenvalue weighted by Crippen LogP contribution is 2.45. The van der Waals surface area contributed by atoms with Crippen molar-refractivity contribution in [2.75, 3.05) is 26.2 Å². The Bertz CT molecular complexity index is 1570. The van der Waals surface area contributed by atoms with Gasteiger partial charge >= 0.3 is 0 Å². The van der Waals surface area contributed by atoms with Crippen LogP contribution in [-0.4, -0.2) is 42.7 Å². The number of ether oxygens (including phenoxy) is 3. The Kier molecular flexibility index (Phi) is 6.09. The summed E-state index contributed by atoms with van der Waals surface area (Å²) in [5.41, 5.74) is 2.43. The van der Waals surface area contributed by atoms with E-state index in [9.17, 15) is 14.7 Å². The van der Waals surface area contributed by atoms with Crippen LogP contribution in [0, 0.1) is 0 Å². The lowest BCUT2D eigenvalue weighted by atomic mass is 9.94. The zero-order valence-electron chi connectivity index (χ0n) is 20.9. The van der Waals surface area contributed by atoms with Gasteiger partial charge in [-0.25, -0.2) is 0 Å². The molecule has 0 aliphatic carbocycles. The highest BCUT2D eigenvalue weighted by atomic mass is 16.5. The SMILES string of the molecule is COc1cccc(N2C(=O)C(=O)/C(=C(/O)c3ccc(OC)c(OC)c3)C2c2cn(C)c3ccccc23)c1. The molecule has 1 aliphatic heterocycles. The van der Waals surface area contributed by atoms with Crippen LogP contribution in [0.5, 0.6) is 17.2 Å². The number of anilines is 1. The highest BCUT2D eigenvalue weighted by molar-refractivity contribution is 6.52. The van der Waals surface area contributed by atoms with Gasteiger partial charge < -0.3 is 23.9 Å². The van der Waals surface area contributed by atoms with Gasteiger partial charge in [0.15, 0.2) is 11.5 Å². The van der Waals surface area contributed by atoms with E-state index in [0.29, 0.717) is 34.1 Å². The Hall–Kier alpha value is -4.72. The molecule has 2 heterocycles. The number of methoxy groups -OCH3 is 3. The first-order valence-corrected chi connectivity index (χ1v) is 11.6. The van der Waals surface area contributed by atoms with E-state index in [1.165, 1.54) is 26.2 Å². The number of amides is 1. The summed E-state index contributed by atoms with van der Waals surface area (Å²) in [6, 6.07) is 18.6. The van der Waals surface area contributed by atoms with Crippen molar-refractivity contribution >= 4 is 34.0 Å². The Morgan fingerprint density at radius 3 is 2.35 bits per heavy atom. The van der Waals surface area contributed by atoms with Crippen molar-refractivity contribution in [1.29, 1.82) is 0 Å². The quantitative estimate of drug-likeness (QED) is 0.233. The third-order valence-corrected chi connectivity index (χ3v) is 6.66. The van der Waals surface area contributed by atoms with E-state index in [-0.39, 0.29) is 11.3 Å². The van der Waals surface area contributed by atoms with Crippen LogP contribution in [0.1, 0.15) is 17.2 Å². The molecule has 1 N–H and O–H groups in total. The molecular formula is C29H26N2O6. The van der Waals surface area contributed by atoms with Gasteiger partial charge in [-0.15, -0.1) is 0 Å². The largest absolute Gasteiger partial charge is 0.507 e. The number of aryl methyl sites for hydroxylation is 1. The zero-order chi connectivity index (χ0) is 26.3. The molecule has 4 aromatic rings. The number of aromatic nitrogens is 1. The summed E-state index contributed by atoms with van der Waals surface area (Å²) in [5, 5.41) is 12.4. The van der Waals surface area contributed by atoms with Gasteiger partial charge in [0.1, 0.15) is 11.5 Å². The maximum atomic E-state index is 13.6. The van der Waals surface area contributed by atoms with E-state index >= 15 is 0 Å². The number of hydrogen-bond donors (Lipinski definition) is 1. The van der Waals surface area contributed by atoms with Crippen molar-refractivity contribution in [3.63, 3.8) is 0 Å². The molecule has 1 amide bonds. The van der Waals surface area contributed by atoms with E-state index < -0.39 is 17.7 Å². The number of aliphatic hydroxyl groups excluding tert-OH is 1. The second-order valence-corrected chi connectivity index (χ2v) is 8.65. The van der Waals surface area contributed by atoms with Crippen LogP contribution >= 0.6 is 0 Å². The minimum absolute atomic E-state index is 0.0172. The number of fused-ring (bicyclic) bond motifs is 1. The molecular weight excluding hydrogens is 472 g/mol. The number of ketones is 1. The number of benzene rings is 3. The Labute approximate surface area is 213 Å². The van der Waals surface area contributed by atoms with Crippen molar-refractivity contribution in [3.8, 4) is 17.2 Å². The number of carbonyl (C=O) groups excluding carboxylic acids is 2. The third kappa shape index (κ3) is 3.87. The van der Waals surface area contributed by atoms with Gasteiger partial charge in [0.05, 0.1) is 32.9 Å². The van der Waals surface area contributed by atoms with Crippen LogP contribution in [0.15, 0.2) is 78.5 Å². The number of rotatable bonds is 6. The Morgan fingerprint density at radius 1 is 0.865 bits per heavy atom. The van der Waals surface area contributed by atoms with Crippen molar-refractivity contribution in [1.82, 2.24) is 4.57 Å². The van der Waals surface area contributed by atoms with Gasteiger partial charge in [-0.05, 0) is 36.4 Å². The minimum Gasteiger partial charge on any atom is -0.507 e. The lowest BCUT2D eigenvalue weighted by Crippen LogP contribution is -2.29. The molecule has 1 atom stereocenters. The summed E-state index contributed by atoms with van der Waals surface area (Å²) in [5.74, 6) is -0.434. The average Bonchev–Trinajstić information content (AvgIpc) is 3.40. The first-order valence-electron chi connectivity index (χ1n) is 11.6. The summed E-state index contributed by atoms with van der Waals surface area (Å²) in [4.78, 5) is 28.5. The fraction of sp³-hybridized carbons (Fsp3) is 0.172. The maximum Gasteiger partial charge on any atom is 0.300 e. The van der Waals surface area contributed by atoms with E-state index in [0.717, 1.165) is 10.9 Å². The standard InChI is InChI=1S/C29H26N2O6/c1-30-16-21(20-10-5-6-11-22(20)30)26-25(27(32)17-12-13-23(36-3)24(14-17)37-4)28(33)29(34)31(26)18-8-7-9-19(15-18)35-2/h5-16,26,32H,1-4H3/b27-25+. The van der Waals surface area contributed by atoms with E-state index in [2.05, 4.69) is 0 Å². The Morgan fingerprint density at radius 2 is 1.62 bits per heavy atom. The molecule has 1 aliphatic rings. The van der Waals surface area contributed by atoms with Crippen LogP contribution in [0.4, 0.5) is 5.69 Å². The zero-order valence-corrected chi connectivity index (χ0v) is 20.9. The third-order valence-electron chi connectivity index (χ3n) is 6.66. The number of nitrogens with zero attached hydrogens (tertiary/aromatic N) is 2. The van der Waals surface area contributed by atoms with Gasteiger partial charge in [-0.2, -0.15) is 0 Å². The monoisotopic (exact) mass is 498 g/mol. The van der Waals surface area contributed by atoms with Gasteiger partial charge in [-0.3, -0.25) is 14.5 Å². The predicted molar refractivity (Wildman–Crippen MR) is 140 cm³/mol. The second kappa shape index (κ2) is 9.39. The van der Waals surface area contributed by atoms with Crippen molar-refractivity contribution in [2.24, 2.45) is 7.05 Å². The summed E-state index contributed by atoms with van der Waals surface area (Å²) >= 11 is 0. The van der Waals surface area contributed by atoms with Crippen LogP contribution < -0.4 is 19.1 Å². The fourth-order valence-electron chi connectivity index (χ4n) is 4.88. The van der Waals surface area contributed by atoms with Crippen LogP contribution in [-0.2, 0) is 16.6 Å². The molecule has 1 aromatic heterocycles. The summed E-state index contributed by atoms with van der Waals surface area (Å²) in [6.07, 6.45) is 1.89. The summed E-state index contributed by atoms with van der Waals surface area (Å²) in [6.45, 7) is 0. The van der Waals surface area contributed by atoms with Crippen LogP contribution in [0.25, 0.3) is 16.7 Å². The summed E-state index contributed by atoms with van der Waals surface area (Å²) in [7, 11) is 6.43. The van der Waals surface area contributed by atoms with E-state index in [1.54, 1.807) is 42.5 Å². The lowest BCUT2D eigenvalue weighted by Gasteiger charge is -2.25. The minimum atomic E-state index is -0.883. The highest BCUT2D eigenvalue weighted by Gasteiger charge is 2.48. The lowest BCUT2D eigenvalue weighted by molar-refractivity contribution is -0.132. The van der Waals surface area contributed by atoms with E-state index in [4.69, 9.17) is 14.2 Å². The van der Waals surface area contributed by atoms with Crippen molar-refractivity contribution in [2.45, 2.75) is 6.04 Å². The van der Waals surface area contributed by atoms with Crippen molar-refractivity contribution in [3.05, 3.63) is 89.6 Å². The molecule has 1 saturated heterocycles. The number of para-hydroxylation sites is 1. The first kappa shape index (κ1) is 24.0. The van der Waals surface area contributed by atoms with Gasteiger partial charge in [0.25, 0.3) is 11.7 Å². The van der Waals surface area contributed by atoms with Gasteiger partial charge in [0.2, 0.25) is 0 Å². The fourth-order valence-corrected chi connectivity index (χ4v) is 4.88. The topological polar surface area (TPSA) is 90.2 Å². The number of Topliss-reactive ketones (excluding diaryl/α,β-unsaturated/α-hetero) is 1. The first-order chi connectivity index (χ1) is 17.9. The predicted octanol–water partition coefficient (Wildman–Crippen LogP) is 4.83. The molecule has 0 saturated carbocycles. The van der Waals surface area contributed by atoms with Crippen LogP contribution in [0.3, 0.4) is 0 Å². The molecule has 0 bridgehead atoms. The molecule has 8 nitrogen and oxygen atoms in total. The molecule has 37 heavy (non-hydrogen) atoms. The molecule has 1 unspecified atom stereocenters. The maximum absolute atomic E-state index is 13.6. The number of carbonyl (C=O) groups is 2. The number of aliphatic hydroxyl groups is 1. The number of hydrogen-bond acceptors (Lipinski definition) is 6. The smallest absolute Gasteiger partial charge is 0.300 e. The van der Waals surface area contributed by atoms with Crippen LogP contribution in [0.2, 0.25) is 0 Å². The molecule has 3 aromatic carbocycles. The van der Waals surface area contributed by atoms with Gasteiger partial charge in [0, 0.05) is 47.0 Å². The molecule has 0 spiro atoms. The molecule has 5 rings (SSSR count). The molecule has 0 radical (unpaired) electrons. The second-order valence-electron chi connectivity index (χ2n) is 8.65.